The van der Waals surface area contributed by atoms with Gasteiger partial charge in [0.1, 0.15) is 5.82 Å². The molecule has 0 spiro atoms. The molecule has 2 aromatic rings. The number of carbonyl (C=O) groups excluding carboxylic acids is 1. The first-order chi connectivity index (χ1) is 11.3. The smallest absolute Gasteiger partial charge is 0.343 e. The summed E-state index contributed by atoms with van der Waals surface area (Å²) in [6.07, 6.45) is 1.91. The molecule has 24 heavy (non-hydrogen) atoms. The molecule has 1 aromatic heterocycles. The standard InChI is InChI=1S/C17H24N4O3/c1-17(2,24)10-8-12-4-6-13(7-5-12)15(22)18-11-9-14-19-20-16(23)21(14)3/h4-7,24H,8-11H2,1-3H3,(H,18,22)(H,20,23). The molecule has 3 N–H and O–H groups in total. The number of aromatic nitrogens is 3. The van der Waals surface area contributed by atoms with Gasteiger partial charge in [-0.1, -0.05) is 12.1 Å². The van der Waals surface area contributed by atoms with Crippen LogP contribution < -0.4 is 11.0 Å². The molecule has 1 aromatic carbocycles. The molecule has 0 radical (unpaired) electrons. The van der Waals surface area contributed by atoms with Crippen LogP contribution in [-0.4, -0.2) is 37.9 Å². The third-order valence-corrected chi connectivity index (χ3v) is 3.85. The zero-order chi connectivity index (χ0) is 17.7. The van der Waals surface area contributed by atoms with Crippen molar-refractivity contribution in [2.75, 3.05) is 6.54 Å². The lowest BCUT2D eigenvalue weighted by atomic mass is 9.98. The topological polar surface area (TPSA) is 100 Å². The second-order valence-electron chi connectivity index (χ2n) is 6.52. The monoisotopic (exact) mass is 332 g/mol. The number of rotatable bonds is 7. The summed E-state index contributed by atoms with van der Waals surface area (Å²) in [6, 6.07) is 7.36. The minimum Gasteiger partial charge on any atom is -0.390 e. The van der Waals surface area contributed by atoms with Gasteiger partial charge in [0.05, 0.1) is 5.60 Å². The summed E-state index contributed by atoms with van der Waals surface area (Å²) in [7, 11) is 1.63. The molecule has 7 nitrogen and oxygen atoms in total. The van der Waals surface area contributed by atoms with Crippen molar-refractivity contribution in [1.29, 1.82) is 0 Å². The summed E-state index contributed by atoms with van der Waals surface area (Å²) >= 11 is 0. The Hall–Kier alpha value is -2.41. The fourth-order valence-corrected chi connectivity index (χ4v) is 2.27. The third-order valence-electron chi connectivity index (χ3n) is 3.85. The van der Waals surface area contributed by atoms with Crippen molar-refractivity contribution in [3.05, 3.63) is 51.7 Å². The summed E-state index contributed by atoms with van der Waals surface area (Å²) in [5.41, 5.74) is 0.707. The van der Waals surface area contributed by atoms with Gasteiger partial charge in [-0.05, 0) is 44.4 Å². The Morgan fingerprint density at radius 3 is 2.50 bits per heavy atom. The first kappa shape index (κ1) is 17.9. The van der Waals surface area contributed by atoms with Crippen molar-refractivity contribution in [3.63, 3.8) is 0 Å². The normalized spacial score (nSPS) is 11.5. The van der Waals surface area contributed by atoms with Crippen molar-refractivity contribution < 1.29 is 9.90 Å². The minimum absolute atomic E-state index is 0.162. The zero-order valence-corrected chi connectivity index (χ0v) is 14.3. The summed E-state index contributed by atoms with van der Waals surface area (Å²) in [6.45, 7) is 3.96. The quantitative estimate of drug-likeness (QED) is 0.698. The van der Waals surface area contributed by atoms with Gasteiger partial charge < -0.3 is 10.4 Å². The zero-order valence-electron chi connectivity index (χ0n) is 14.3. The van der Waals surface area contributed by atoms with E-state index >= 15 is 0 Å². The van der Waals surface area contributed by atoms with Crippen LogP contribution in [-0.2, 0) is 19.9 Å². The van der Waals surface area contributed by atoms with Crippen LogP contribution in [0.25, 0.3) is 0 Å². The first-order valence-corrected chi connectivity index (χ1v) is 7.96. The number of hydrogen-bond donors (Lipinski definition) is 3. The number of hydrogen-bond acceptors (Lipinski definition) is 4. The molecule has 130 valence electrons. The van der Waals surface area contributed by atoms with E-state index in [1.165, 1.54) is 4.57 Å². The minimum atomic E-state index is -0.692. The maximum absolute atomic E-state index is 12.1. The molecule has 0 bridgehead atoms. The fraction of sp³-hybridized carbons (Fsp3) is 0.471. The summed E-state index contributed by atoms with van der Waals surface area (Å²) in [4.78, 5) is 23.4. The second-order valence-corrected chi connectivity index (χ2v) is 6.52. The molecule has 0 aliphatic heterocycles. The lowest BCUT2D eigenvalue weighted by Crippen LogP contribution is -2.27. The Morgan fingerprint density at radius 2 is 1.96 bits per heavy atom. The number of nitrogens with zero attached hydrogens (tertiary/aromatic N) is 2. The Bertz CT molecular complexity index is 738. The highest BCUT2D eigenvalue weighted by Crippen LogP contribution is 2.13. The molecule has 0 aliphatic rings. The van der Waals surface area contributed by atoms with Crippen molar-refractivity contribution >= 4 is 5.91 Å². The van der Waals surface area contributed by atoms with Gasteiger partial charge in [0.15, 0.2) is 0 Å². The van der Waals surface area contributed by atoms with Gasteiger partial charge in [-0.15, -0.1) is 0 Å². The van der Waals surface area contributed by atoms with Crippen molar-refractivity contribution in [2.45, 2.75) is 38.7 Å². The molecule has 0 unspecified atom stereocenters. The van der Waals surface area contributed by atoms with Crippen LogP contribution in [0.1, 0.15) is 42.0 Å². The molecular weight excluding hydrogens is 308 g/mol. The van der Waals surface area contributed by atoms with E-state index in [1.807, 2.05) is 12.1 Å². The van der Waals surface area contributed by atoms with Gasteiger partial charge >= 0.3 is 5.69 Å². The molecule has 2 rings (SSSR count). The van der Waals surface area contributed by atoms with E-state index in [2.05, 4.69) is 15.5 Å². The van der Waals surface area contributed by atoms with Crippen LogP contribution in [0.5, 0.6) is 0 Å². The molecule has 1 heterocycles. The molecule has 0 saturated carbocycles. The van der Waals surface area contributed by atoms with E-state index in [1.54, 1.807) is 33.0 Å². The number of aromatic amines is 1. The lowest BCUT2D eigenvalue weighted by Gasteiger charge is -2.16. The number of benzene rings is 1. The maximum Gasteiger partial charge on any atom is 0.343 e. The van der Waals surface area contributed by atoms with Crippen LogP contribution in [0.2, 0.25) is 0 Å². The molecule has 7 heteroatoms. The SMILES string of the molecule is Cn1c(CCNC(=O)c2ccc(CCC(C)(C)O)cc2)n[nH]c1=O. The molecule has 0 aliphatic carbocycles. The Morgan fingerprint density at radius 1 is 1.29 bits per heavy atom. The third kappa shape index (κ3) is 5.06. The van der Waals surface area contributed by atoms with Crippen molar-refractivity contribution in [3.8, 4) is 0 Å². The van der Waals surface area contributed by atoms with Crippen LogP contribution in [0, 0.1) is 0 Å². The Balaban J connectivity index is 1.84. The summed E-state index contributed by atoms with van der Waals surface area (Å²) in [5, 5.41) is 18.8. The highest BCUT2D eigenvalue weighted by molar-refractivity contribution is 5.94. The van der Waals surface area contributed by atoms with Gasteiger partial charge in [0, 0.05) is 25.6 Å². The van der Waals surface area contributed by atoms with Gasteiger partial charge in [-0.2, -0.15) is 5.10 Å². The molecule has 0 saturated heterocycles. The number of aryl methyl sites for hydroxylation is 1. The van der Waals surface area contributed by atoms with Gasteiger partial charge in [0.2, 0.25) is 0 Å². The van der Waals surface area contributed by atoms with E-state index in [9.17, 15) is 14.7 Å². The predicted molar refractivity (Wildman–Crippen MR) is 90.9 cm³/mol. The number of amides is 1. The molecular formula is C17H24N4O3. The largest absolute Gasteiger partial charge is 0.390 e. The van der Waals surface area contributed by atoms with E-state index in [0.29, 0.717) is 30.8 Å². The first-order valence-electron chi connectivity index (χ1n) is 7.96. The van der Waals surface area contributed by atoms with Crippen LogP contribution in [0.4, 0.5) is 0 Å². The Labute approximate surface area is 140 Å². The van der Waals surface area contributed by atoms with Gasteiger partial charge in [-0.25, -0.2) is 9.89 Å². The number of nitrogens with one attached hydrogen (secondary N) is 2. The van der Waals surface area contributed by atoms with Crippen molar-refractivity contribution in [2.24, 2.45) is 7.05 Å². The number of H-pyrrole nitrogens is 1. The Kier molecular flexibility index (Phi) is 5.56. The van der Waals surface area contributed by atoms with Gasteiger partial charge in [0.25, 0.3) is 5.91 Å². The highest BCUT2D eigenvalue weighted by Gasteiger charge is 2.12. The molecule has 0 fully saturated rings. The highest BCUT2D eigenvalue weighted by atomic mass is 16.3. The maximum atomic E-state index is 12.1. The van der Waals surface area contributed by atoms with Gasteiger partial charge in [-0.3, -0.25) is 9.36 Å². The van der Waals surface area contributed by atoms with Crippen molar-refractivity contribution in [1.82, 2.24) is 20.1 Å². The van der Waals surface area contributed by atoms with E-state index in [0.717, 1.165) is 12.0 Å². The summed E-state index contributed by atoms with van der Waals surface area (Å²) in [5.74, 6) is 0.437. The molecule has 0 atom stereocenters. The van der Waals surface area contributed by atoms with E-state index < -0.39 is 5.60 Å². The summed E-state index contributed by atoms with van der Waals surface area (Å²) < 4.78 is 1.42. The van der Waals surface area contributed by atoms with Crippen LogP contribution in [0.3, 0.4) is 0 Å². The van der Waals surface area contributed by atoms with E-state index in [4.69, 9.17) is 0 Å². The van der Waals surface area contributed by atoms with Crippen LogP contribution >= 0.6 is 0 Å². The lowest BCUT2D eigenvalue weighted by molar-refractivity contribution is 0.0713. The predicted octanol–water partition coefficient (Wildman–Crippen LogP) is 0.784. The van der Waals surface area contributed by atoms with Crippen LogP contribution in [0.15, 0.2) is 29.1 Å². The molecule has 1 amide bonds. The van der Waals surface area contributed by atoms with E-state index in [-0.39, 0.29) is 11.6 Å². The second kappa shape index (κ2) is 7.44. The fourth-order valence-electron chi connectivity index (χ4n) is 2.27. The number of aliphatic hydroxyl groups is 1. The number of carbonyl (C=O) groups is 1. The average molecular weight is 332 g/mol. The average Bonchev–Trinajstić information content (AvgIpc) is 2.85.